The van der Waals surface area contributed by atoms with Crippen LogP contribution in [0.4, 0.5) is 11.5 Å². The normalized spacial score (nSPS) is 17.3. The minimum absolute atomic E-state index is 0.227. The number of nitrogens with zero attached hydrogens (tertiary/aromatic N) is 2. The van der Waals surface area contributed by atoms with Gasteiger partial charge in [0.25, 0.3) is 5.91 Å². The number of pyridine rings is 1. The van der Waals surface area contributed by atoms with Gasteiger partial charge in [0, 0.05) is 12.6 Å². The number of amides is 1. The van der Waals surface area contributed by atoms with Crippen LogP contribution in [0.25, 0.3) is 0 Å². The fraction of sp³-hybridized carbons (Fsp3) is 0.538. The van der Waals surface area contributed by atoms with Gasteiger partial charge in [-0.15, -0.1) is 0 Å². The number of nitrogens with one attached hydrogen (secondary N) is 1. The van der Waals surface area contributed by atoms with Gasteiger partial charge in [-0.2, -0.15) is 0 Å². The van der Waals surface area contributed by atoms with Gasteiger partial charge in [-0.3, -0.25) is 9.69 Å². The number of rotatable bonds is 5. The number of nitrogens with two attached hydrogens (primary N) is 2. The van der Waals surface area contributed by atoms with Gasteiger partial charge in [-0.05, 0) is 45.0 Å². The summed E-state index contributed by atoms with van der Waals surface area (Å²) in [6.07, 6.45) is 2.53. The largest absolute Gasteiger partial charge is 0.396 e. The van der Waals surface area contributed by atoms with Crippen molar-refractivity contribution in [3.63, 3.8) is 0 Å². The lowest BCUT2D eigenvalue weighted by Crippen LogP contribution is -2.35. The third-order valence-electron chi connectivity index (χ3n) is 3.51. The summed E-state index contributed by atoms with van der Waals surface area (Å²) >= 11 is 0. The van der Waals surface area contributed by atoms with Crippen molar-refractivity contribution in [1.82, 2.24) is 9.88 Å². The van der Waals surface area contributed by atoms with Gasteiger partial charge in [0.05, 0.1) is 5.69 Å². The van der Waals surface area contributed by atoms with E-state index < -0.39 is 5.91 Å². The molecule has 1 saturated heterocycles. The maximum atomic E-state index is 11.1. The Morgan fingerprint density at radius 1 is 1.47 bits per heavy atom. The summed E-state index contributed by atoms with van der Waals surface area (Å²) < 4.78 is 0. The van der Waals surface area contributed by atoms with Crippen LogP contribution in [0.5, 0.6) is 0 Å². The first-order chi connectivity index (χ1) is 9.08. The molecule has 104 valence electrons. The van der Waals surface area contributed by atoms with E-state index >= 15 is 0 Å². The molecule has 2 rings (SSSR count). The average Bonchev–Trinajstić information content (AvgIpc) is 2.91. The third kappa shape index (κ3) is 3.35. The molecule has 0 aromatic carbocycles. The van der Waals surface area contributed by atoms with Crippen molar-refractivity contribution in [3.8, 4) is 0 Å². The van der Waals surface area contributed by atoms with Crippen molar-refractivity contribution >= 4 is 17.4 Å². The summed E-state index contributed by atoms with van der Waals surface area (Å²) in [4.78, 5) is 17.7. The Bertz CT molecular complexity index is 456. The molecule has 6 nitrogen and oxygen atoms in total. The molecule has 0 aliphatic carbocycles. The molecular weight excluding hydrogens is 242 g/mol. The van der Waals surface area contributed by atoms with Gasteiger partial charge in [-0.1, -0.05) is 0 Å². The summed E-state index contributed by atoms with van der Waals surface area (Å²) in [5.74, 6) is -0.0158. The smallest absolute Gasteiger partial charge is 0.267 e. The quantitative estimate of drug-likeness (QED) is 0.725. The summed E-state index contributed by atoms with van der Waals surface area (Å²) in [6.45, 7) is 5.21. The Hall–Kier alpha value is -1.82. The van der Waals surface area contributed by atoms with E-state index in [1.54, 1.807) is 6.07 Å². The molecule has 2 heterocycles. The van der Waals surface area contributed by atoms with Gasteiger partial charge >= 0.3 is 0 Å². The van der Waals surface area contributed by atoms with E-state index in [1.165, 1.54) is 18.9 Å². The van der Waals surface area contributed by atoms with Crippen molar-refractivity contribution in [2.24, 2.45) is 5.73 Å². The van der Waals surface area contributed by atoms with Crippen LogP contribution >= 0.6 is 0 Å². The highest BCUT2D eigenvalue weighted by molar-refractivity contribution is 5.91. The van der Waals surface area contributed by atoms with E-state index in [0.717, 1.165) is 19.6 Å². The fourth-order valence-corrected chi connectivity index (χ4v) is 2.30. The van der Waals surface area contributed by atoms with Crippen molar-refractivity contribution in [3.05, 3.63) is 17.8 Å². The number of primary amides is 1. The highest BCUT2D eigenvalue weighted by Gasteiger charge is 2.18. The Morgan fingerprint density at radius 2 is 2.16 bits per heavy atom. The molecule has 0 saturated carbocycles. The molecule has 1 aromatic rings. The van der Waals surface area contributed by atoms with Crippen LogP contribution in [0.1, 0.15) is 30.3 Å². The second-order valence-electron chi connectivity index (χ2n) is 4.97. The fourth-order valence-electron chi connectivity index (χ4n) is 2.30. The summed E-state index contributed by atoms with van der Waals surface area (Å²) in [5, 5.41) is 3.20. The van der Waals surface area contributed by atoms with E-state index in [-0.39, 0.29) is 5.69 Å². The summed E-state index contributed by atoms with van der Waals surface area (Å²) in [6, 6.07) is 3.60. The van der Waals surface area contributed by atoms with E-state index in [4.69, 9.17) is 11.5 Å². The third-order valence-corrected chi connectivity index (χ3v) is 3.51. The van der Waals surface area contributed by atoms with Crippen LogP contribution in [0.3, 0.4) is 0 Å². The Kier molecular flexibility index (Phi) is 4.21. The number of aromatic nitrogens is 1. The maximum Gasteiger partial charge on any atom is 0.267 e. The monoisotopic (exact) mass is 263 g/mol. The van der Waals surface area contributed by atoms with Crippen LogP contribution < -0.4 is 16.8 Å². The van der Waals surface area contributed by atoms with E-state index in [0.29, 0.717) is 17.5 Å². The molecule has 1 aromatic heterocycles. The Balaban J connectivity index is 1.98. The molecular formula is C13H21N5O. The first kappa shape index (κ1) is 13.6. The highest BCUT2D eigenvalue weighted by Crippen LogP contribution is 2.17. The van der Waals surface area contributed by atoms with Gasteiger partial charge in [0.15, 0.2) is 0 Å². The maximum absolute atomic E-state index is 11.1. The van der Waals surface area contributed by atoms with E-state index in [1.807, 2.05) is 0 Å². The molecule has 1 aliphatic heterocycles. The summed E-state index contributed by atoms with van der Waals surface area (Å²) in [5.41, 5.74) is 11.8. The highest BCUT2D eigenvalue weighted by atomic mass is 16.1. The summed E-state index contributed by atoms with van der Waals surface area (Å²) in [7, 11) is 0. The molecule has 19 heavy (non-hydrogen) atoms. The lowest BCUT2D eigenvalue weighted by Gasteiger charge is -2.24. The number of likely N-dealkylation sites (tertiary alicyclic amines) is 1. The first-order valence-corrected chi connectivity index (χ1v) is 6.62. The Morgan fingerprint density at radius 3 is 2.79 bits per heavy atom. The van der Waals surface area contributed by atoms with E-state index in [9.17, 15) is 4.79 Å². The molecule has 1 amide bonds. The average molecular weight is 263 g/mol. The van der Waals surface area contributed by atoms with Crippen molar-refractivity contribution in [2.45, 2.75) is 25.8 Å². The second-order valence-corrected chi connectivity index (χ2v) is 4.97. The van der Waals surface area contributed by atoms with Crippen LogP contribution in [0.2, 0.25) is 0 Å². The van der Waals surface area contributed by atoms with E-state index in [2.05, 4.69) is 22.1 Å². The molecule has 6 heteroatoms. The predicted molar refractivity (Wildman–Crippen MR) is 75.9 cm³/mol. The van der Waals surface area contributed by atoms with Crippen molar-refractivity contribution < 1.29 is 4.79 Å². The molecule has 1 unspecified atom stereocenters. The number of hydrogen-bond donors (Lipinski definition) is 3. The number of nitrogen functional groups attached to an aromatic ring is 1. The van der Waals surface area contributed by atoms with Gasteiger partial charge in [0.1, 0.15) is 11.5 Å². The predicted octanol–water partition coefficient (Wildman–Crippen LogP) is 0.659. The molecule has 0 radical (unpaired) electrons. The molecule has 1 aliphatic rings. The zero-order chi connectivity index (χ0) is 13.8. The van der Waals surface area contributed by atoms with Gasteiger partial charge in [-0.25, -0.2) is 4.98 Å². The number of hydrogen-bond acceptors (Lipinski definition) is 5. The zero-order valence-electron chi connectivity index (χ0n) is 11.2. The molecule has 1 fully saturated rings. The molecule has 5 N–H and O–H groups in total. The van der Waals surface area contributed by atoms with Gasteiger partial charge in [0.2, 0.25) is 0 Å². The minimum atomic E-state index is -0.546. The first-order valence-electron chi connectivity index (χ1n) is 6.62. The lowest BCUT2D eigenvalue weighted by molar-refractivity contribution is 0.0996. The minimum Gasteiger partial charge on any atom is -0.396 e. The topological polar surface area (TPSA) is 97.3 Å². The lowest BCUT2D eigenvalue weighted by atomic mass is 10.2. The molecule has 0 spiro atoms. The van der Waals surface area contributed by atoms with Crippen LogP contribution in [-0.2, 0) is 0 Å². The zero-order valence-corrected chi connectivity index (χ0v) is 11.2. The van der Waals surface area contributed by atoms with Crippen molar-refractivity contribution in [1.29, 1.82) is 0 Å². The number of anilines is 2. The van der Waals surface area contributed by atoms with Crippen LogP contribution in [0, 0.1) is 0 Å². The molecule has 0 bridgehead atoms. The number of carbonyl (C=O) groups excluding carboxylic acids is 1. The van der Waals surface area contributed by atoms with Crippen LogP contribution in [0.15, 0.2) is 12.1 Å². The number of carbonyl (C=O) groups is 1. The SMILES string of the molecule is CC(CNc1nc(C(N)=O)ccc1N)N1CCCC1. The molecule has 1 atom stereocenters. The van der Waals surface area contributed by atoms with Gasteiger partial charge < -0.3 is 16.8 Å². The standard InChI is InChI=1S/C13H21N5O/c1-9(18-6-2-3-7-18)8-16-13-10(14)4-5-11(17-13)12(15)19/h4-5,9H,2-3,6-8,14H2,1H3,(H2,15,19)(H,16,17). The Labute approximate surface area is 113 Å². The van der Waals surface area contributed by atoms with Crippen molar-refractivity contribution in [2.75, 3.05) is 30.7 Å². The van der Waals surface area contributed by atoms with Crippen LogP contribution in [-0.4, -0.2) is 41.5 Å². The second kappa shape index (κ2) is 5.88.